The number of aromatic nitrogens is 1. The van der Waals surface area contributed by atoms with Crippen LogP contribution in [0, 0.1) is 34.5 Å². The fraction of sp³-hybridized carbons (Fsp3) is 0.634. The molecule has 3 aromatic rings. The summed E-state index contributed by atoms with van der Waals surface area (Å²) >= 11 is 1.61. The normalized spacial score (nSPS) is 40.5. The first kappa shape index (κ1) is 33.3. The Bertz CT molecular complexity index is 1570. The Labute approximate surface area is 293 Å². The zero-order valence-electron chi connectivity index (χ0n) is 29.9. The number of benzene rings is 2. The topological polar surface area (TPSA) is 60.8 Å². The maximum Gasteiger partial charge on any atom is 0.261 e. The molecule has 1 saturated heterocycles. The summed E-state index contributed by atoms with van der Waals surface area (Å²) in [4.78, 5) is 4.68. The van der Waals surface area contributed by atoms with Crippen LogP contribution in [0.5, 0.6) is 0 Å². The van der Waals surface area contributed by atoms with Crippen molar-refractivity contribution in [2.75, 3.05) is 0 Å². The summed E-state index contributed by atoms with van der Waals surface area (Å²) in [5.41, 5.74) is -0.968. The highest BCUT2D eigenvalue weighted by Gasteiger charge is 2.71. The number of hydrogen-bond acceptors (Lipinski definition) is 6. The molecule has 1 aromatic heterocycles. The molecule has 2 aromatic carbocycles. The van der Waals surface area contributed by atoms with Crippen LogP contribution in [0.4, 0.5) is 0 Å². The Morgan fingerprint density at radius 3 is 2.04 bits per heavy atom. The highest BCUT2D eigenvalue weighted by Crippen LogP contribution is 2.72. The summed E-state index contributed by atoms with van der Waals surface area (Å²) in [6, 6.07) is 22.2. The van der Waals surface area contributed by atoms with Crippen LogP contribution < -0.4 is 10.4 Å². The molecule has 0 spiro atoms. The molecule has 7 heteroatoms. The van der Waals surface area contributed by atoms with E-state index in [0.29, 0.717) is 23.7 Å². The van der Waals surface area contributed by atoms with Crippen LogP contribution in [0.1, 0.15) is 98.4 Å². The lowest BCUT2D eigenvalue weighted by molar-refractivity contribution is -0.205. The molecular formula is C41H55NO4SSi. The van der Waals surface area contributed by atoms with Gasteiger partial charge in [-0.25, -0.2) is 4.98 Å². The van der Waals surface area contributed by atoms with Gasteiger partial charge in [0.2, 0.25) is 0 Å². The molecule has 0 radical (unpaired) electrons. The van der Waals surface area contributed by atoms with Crippen molar-refractivity contribution in [2.45, 2.75) is 128 Å². The van der Waals surface area contributed by atoms with Crippen molar-refractivity contribution in [3.8, 4) is 0 Å². The van der Waals surface area contributed by atoms with E-state index < -0.39 is 19.7 Å². The van der Waals surface area contributed by atoms with Crippen LogP contribution in [0.25, 0.3) is 0 Å². The maximum atomic E-state index is 12.4. The smallest absolute Gasteiger partial charge is 0.261 e. The van der Waals surface area contributed by atoms with E-state index in [1.807, 2.05) is 11.6 Å². The molecular weight excluding hydrogens is 631 g/mol. The molecule has 1 unspecified atom stereocenters. The van der Waals surface area contributed by atoms with E-state index >= 15 is 0 Å². The Balaban J connectivity index is 1.16. The van der Waals surface area contributed by atoms with Crippen LogP contribution >= 0.6 is 11.3 Å². The summed E-state index contributed by atoms with van der Waals surface area (Å²) in [6.45, 7) is 16.3. The molecule has 4 saturated carbocycles. The zero-order valence-corrected chi connectivity index (χ0v) is 31.8. The highest BCUT2D eigenvalue weighted by molar-refractivity contribution is 7.09. The number of ether oxygens (including phenoxy) is 2. The van der Waals surface area contributed by atoms with E-state index in [4.69, 9.17) is 13.9 Å². The van der Waals surface area contributed by atoms with Crippen LogP contribution in [0.2, 0.25) is 5.04 Å². The largest absolute Gasteiger partial charge is 0.404 e. The maximum absolute atomic E-state index is 12.4. The van der Waals surface area contributed by atoms with E-state index in [1.54, 1.807) is 11.3 Å². The lowest BCUT2D eigenvalue weighted by Gasteiger charge is -2.64. The summed E-state index contributed by atoms with van der Waals surface area (Å²) in [5.74, 6) is 0.992. The number of rotatable bonds is 5. The summed E-state index contributed by atoms with van der Waals surface area (Å²) in [5, 5.41) is 17.9. The highest BCUT2D eigenvalue weighted by atomic mass is 32.1. The standard InChI is InChI=1S/C41H55NO4SSi/c1-37(2,3)48(28-14-10-8-11-15-28,29-16-12-9-13-17-29)46-27-18-21-39(6)30-19-22-40(7)31(20-23-41(40,43)36-42-24-25-47-36)33(30)35-34(32(39)26-27)44-38(4,5)45-35/h8-17,24-25,27,30-35,43H,18-23,26H2,1-7H3/t27-,30-,31-,32+,33?,34+,35+,39+,40-,41+/m0/s1. The average Bonchev–Trinajstić information content (AvgIpc) is 3.77. The first-order valence-electron chi connectivity index (χ1n) is 18.5. The third kappa shape index (κ3) is 4.70. The molecule has 1 N–H and O–H groups in total. The molecule has 10 atom stereocenters. The van der Waals surface area contributed by atoms with Gasteiger partial charge in [-0.15, -0.1) is 11.3 Å². The van der Waals surface area contributed by atoms with Gasteiger partial charge in [-0.1, -0.05) is 95.3 Å². The summed E-state index contributed by atoms with van der Waals surface area (Å²) in [6.07, 6.45) is 9.18. The minimum Gasteiger partial charge on any atom is -0.404 e. The van der Waals surface area contributed by atoms with Gasteiger partial charge in [0.15, 0.2) is 5.79 Å². The van der Waals surface area contributed by atoms with Gasteiger partial charge < -0.3 is 19.0 Å². The number of nitrogens with zero attached hydrogens (tertiary/aromatic N) is 1. The minimum absolute atomic E-state index is 0.0210. The SMILES string of the molecule is CC1(C)O[C@H]2[C@H](O1)C1[C@H](CC[C@@]3(C)[C@H]1CC[C@@]3(O)c1nccs1)[C@@]1(C)CC[C@H](O[Si](c3ccccc3)(c3ccccc3)C(C)(C)C)C[C@H]21. The van der Waals surface area contributed by atoms with Crippen molar-refractivity contribution >= 4 is 30.0 Å². The van der Waals surface area contributed by atoms with E-state index in [0.717, 1.165) is 50.0 Å². The molecule has 5 aliphatic rings. The lowest BCUT2D eigenvalue weighted by Crippen LogP contribution is -2.69. The van der Waals surface area contributed by atoms with E-state index in [2.05, 4.69) is 114 Å². The molecule has 8 rings (SSSR count). The summed E-state index contributed by atoms with van der Waals surface area (Å²) in [7, 11) is -2.69. The quantitative estimate of drug-likeness (QED) is 0.276. The predicted octanol–water partition coefficient (Wildman–Crippen LogP) is 8.06. The molecule has 5 nitrogen and oxygen atoms in total. The first-order valence-corrected chi connectivity index (χ1v) is 21.3. The third-order valence-corrected chi connectivity index (χ3v) is 20.2. The van der Waals surface area contributed by atoms with E-state index in [-0.39, 0.29) is 34.2 Å². The van der Waals surface area contributed by atoms with Crippen molar-refractivity contribution < 1.29 is 19.0 Å². The molecule has 258 valence electrons. The molecule has 1 aliphatic heterocycles. The van der Waals surface area contributed by atoms with Crippen LogP contribution in [0.3, 0.4) is 0 Å². The predicted molar refractivity (Wildman–Crippen MR) is 195 cm³/mol. The minimum atomic E-state index is -2.69. The fourth-order valence-corrected chi connectivity index (χ4v) is 17.6. The Morgan fingerprint density at radius 1 is 0.812 bits per heavy atom. The van der Waals surface area contributed by atoms with Gasteiger partial charge in [0.05, 0.1) is 12.2 Å². The molecule has 4 aliphatic carbocycles. The molecule has 0 amide bonds. The van der Waals surface area contributed by atoms with Gasteiger partial charge in [-0.05, 0) is 103 Å². The van der Waals surface area contributed by atoms with Crippen molar-refractivity contribution in [2.24, 2.45) is 34.5 Å². The number of fused-ring (bicyclic) bond motifs is 8. The zero-order chi connectivity index (χ0) is 33.7. The van der Waals surface area contributed by atoms with Gasteiger partial charge in [-0.2, -0.15) is 0 Å². The van der Waals surface area contributed by atoms with Crippen molar-refractivity contribution in [1.82, 2.24) is 4.98 Å². The van der Waals surface area contributed by atoms with E-state index in [1.165, 1.54) is 10.4 Å². The van der Waals surface area contributed by atoms with E-state index in [9.17, 15) is 5.11 Å². The Hall–Kier alpha value is -1.87. The van der Waals surface area contributed by atoms with Gasteiger partial charge in [0.1, 0.15) is 10.6 Å². The van der Waals surface area contributed by atoms with Gasteiger partial charge in [0.25, 0.3) is 8.32 Å². The molecule has 5 fully saturated rings. The van der Waals surface area contributed by atoms with Gasteiger partial charge in [-0.3, -0.25) is 0 Å². The summed E-state index contributed by atoms with van der Waals surface area (Å²) < 4.78 is 21.8. The fourth-order valence-electron chi connectivity index (χ4n) is 12.0. The van der Waals surface area contributed by atoms with Crippen molar-refractivity contribution in [3.05, 3.63) is 77.2 Å². The Kier molecular flexibility index (Phi) is 7.84. The number of hydrogen-bond donors (Lipinski definition) is 1. The first-order chi connectivity index (χ1) is 22.7. The Morgan fingerprint density at radius 2 is 1.44 bits per heavy atom. The number of thiazole rings is 1. The molecule has 2 heterocycles. The lowest BCUT2D eigenvalue weighted by atomic mass is 9.43. The van der Waals surface area contributed by atoms with Crippen molar-refractivity contribution in [3.63, 3.8) is 0 Å². The van der Waals surface area contributed by atoms with Crippen molar-refractivity contribution in [1.29, 1.82) is 0 Å². The average molecular weight is 686 g/mol. The van der Waals surface area contributed by atoms with Crippen LogP contribution in [-0.2, 0) is 19.5 Å². The monoisotopic (exact) mass is 685 g/mol. The third-order valence-electron chi connectivity index (χ3n) is 14.2. The molecule has 48 heavy (non-hydrogen) atoms. The van der Waals surface area contributed by atoms with Crippen LogP contribution in [0.15, 0.2) is 72.2 Å². The van der Waals surface area contributed by atoms with Gasteiger partial charge in [0, 0.05) is 23.1 Å². The second-order valence-corrected chi connectivity index (χ2v) is 23.0. The van der Waals surface area contributed by atoms with Gasteiger partial charge >= 0.3 is 0 Å². The van der Waals surface area contributed by atoms with Crippen LogP contribution in [-0.4, -0.2) is 42.5 Å². The number of aliphatic hydroxyl groups is 1. The second kappa shape index (κ2) is 11.3. The second-order valence-electron chi connectivity index (χ2n) is 17.8. The molecule has 0 bridgehead atoms.